The largest absolute Gasteiger partial charge is 0.243 e. The molecule has 2 rings (SSSR count). The molecule has 2 heterocycles. The predicted octanol–water partition coefficient (Wildman–Crippen LogP) is 1.91. The molecular weight excluding hydrogens is 280 g/mol. The molecular formula is C10H13ClN2O2S2. The molecule has 0 amide bonds. The minimum Gasteiger partial charge on any atom is -0.243 e. The fourth-order valence-corrected chi connectivity index (χ4v) is 4.59. The Labute approximate surface area is 110 Å². The minimum absolute atomic E-state index is 0.00461. The van der Waals surface area contributed by atoms with Crippen molar-refractivity contribution in [2.24, 2.45) is 0 Å². The van der Waals surface area contributed by atoms with Crippen LogP contribution in [0.25, 0.3) is 0 Å². The van der Waals surface area contributed by atoms with E-state index in [1.807, 2.05) is 0 Å². The van der Waals surface area contributed by atoms with E-state index in [0.29, 0.717) is 0 Å². The second-order valence-electron chi connectivity index (χ2n) is 3.83. The molecule has 7 heteroatoms. The van der Waals surface area contributed by atoms with Crippen molar-refractivity contribution in [3.05, 3.63) is 23.5 Å². The fraction of sp³-hybridized carbons (Fsp3) is 0.500. The molecule has 4 nitrogen and oxygen atoms in total. The second-order valence-corrected chi connectivity index (χ2v) is 7.02. The van der Waals surface area contributed by atoms with Crippen LogP contribution in [0.15, 0.2) is 23.2 Å². The van der Waals surface area contributed by atoms with Crippen LogP contribution in [0.1, 0.15) is 12.8 Å². The summed E-state index contributed by atoms with van der Waals surface area (Å²) < 4.78 is 26.8. The van der Waals surface area contributed by atoms with Gasteiger partial charge in [0.1, 0.15) is 10.0 Å². The number of rotatable bonds is 3. The molecule has 1 atom stereocenters. The van der Waals surface area contributed by atoms with Crippen LogP contribution in [-0.4, -0.2) is 30.9 Å². The van der Waals surface area contributed by atoms with Crippen LogP contribution in [0, 0.1) is 0 Å². The predicted molar refractivity (Wildman–Crippen MR) is 69.9 cm³/mol. The summed E-state index contributed by atoms with van der Waals surface area (Å²) in [5, 5.41) is 0.0171. The van der Waals surface area contributed by atoms with Crippen LogP contribution >= 0.6 is 23.4 Å². The molecule has 0 saturated carbocycles. The van der Waals surface area contributed by atoms with Gasteiger partial charge in [0.05, 0.1) is 0 Å². The van der Waals surface area contributed by atoms with E-state index in [1.165, 1.54) is 12.3 Å². The van der Waals surface area contributed by atoms with E-state index in [-0.39, 0.29) is 16.1 Å². The average Bonchev–Trinajstić information content (AvgIpc) is 2.30. The Morgan fingerprint density at radius 2 is 2.35 bits per heavy atom. The van der Waals surface area contributed by atoms with Gasteiger partial charge in [-0.05, 0) is 30.7 Å². The first kappa shape index (κ1) is 13.1. The lowest BCUT2D eigenvalue weighted by Crippen LogP contribution is -2.38. The molecule has 1 aromatic rings. The van der Waals surface area contributed by atoms with Crippen molar-refractivity contribution >= 4 is 33.4 Å². The third-order valence-electron chi connectivity index (χ3n) is 2.50. The van der Waals surface area contributed by atoms with Crippen LogP contribution < -0.4 is 4.72 Å². The number of nitrogens with zero attached hydrogens (tertiary/aromatic N) is 1. The Morgan fingerprint density at radius 1 is 1.53 bits per heavy atom. The summed E-state index contributed by atoms with van der Waals surface area (Å²) in [6.45, 7) is 0. The number of thioether (sulfide) groups is 1. The number of nitrogens with one attached hydrogen (secondary N) is 1. The zero-order chi connectivity index (χ0) is 12.3. The molecule has 94 valence electrons. The van der Waals surface area contributed by atoms with E-state index in [4.69, 9.17) is 11.6 Å². The normalized spacial score (nSPS) is 21.4. The van der Waals surface area contributed by atoms with Crippen molar-refractivity contribution in [2.75, 3.05) is 11.5 Å². The highest BCUT2D eigenvalue weighted by Gasteiger charge is 2.24. The number of hydrogen-bond acceptors (Lipinski definition) is 4. The number of pyridine rings is 1. The maximum atomic E-state index is 12.1. The van der Waals surface area contributed by atoms with Gasteiger partial charge in [0.2, 0.25) is 10.0 Å². The van der Waals surface area contributed by atoms with Crippen LogP contribution in [0.4, 0.5) is 0 Å². The van der Waals surface area contributed by atoms with Crippen LogP contribution in [0.2, 0.25) is 5.15 Å². The Hall–Kier alpha value is -0.300. The zero-order valence-electron chi connectivity index (χ0n) is 9.10. The molecule has 1 unspecified atom stereocenters. The lowest BCUT2D eigenvalue weighted by molar-refractivity contribution is 0.543. The average molecular weight is 293 g/mol. The van der Waals surface area contributed by atoms with Gasteiger partial charge in [0, 0.05) is 18.0 Å². The van der Waals surface area contributed by atoms with Crippen molar-refractivity contribution in [2.45, 2.75) is 23.8 Å². The van der Waals surface area contributed by atoms with Gasteiger partial charge in [-0.1, -0.05) is 11.6 Å². The summed E-state index contributed by atoms with van der Waals surface area (Å²) in [6.07, 6.45) is 3.39. The highest BCUT2D eigenvalue weighted by atomic mass is 35.5. The summed E-state index contributed by atoms with van der Waals surface area (Å²) in [5.41, 5.74) is 0. The van der Waals surface area contributed by atoms with E-state index >= 15 is 0 Å². The Kier molecular flexibility index (Phi) is 4.30. The van der Waals surface area contributed by atoms with E-state index in [0.717, 1.165) is 24.3 Å². The summed E-state index contributed by atoms with van der Waals surface area (Å²) in [7, 11) is -3.55. The van der Waals surface area contributed by atoms with Crippen molar-refractivity contribution in [1.29, 1.82) is 0 Å². The minimum atomic E-state index is -3.55. The van der Waals surface area contributed by atoms with Gasteiger partial charge in [-0.25, -0.2) is 18.1 Å². The first-order chi connectivity index (χ1) is 8.09. The number of hydrogen-bond donors (Lipinski definition) is 1. The van der Waals surface area contributed by atoms with Crippen LogP contribution in [-0.2, 0) is 10.0 Å². The van der Waals surface area contributed by atoms with Crippen molar-refractivity contribution in [3.63, 3.8) is 0 Å². The van der Waals surface area contributed by atoms with Crippen LogP contribution in [0.3, 0.4) is 0 Å². The van der Waals surface area contributed by atoms with Gasteiger partial charge in [-0.2, -0.15) is 11.8 Å². The van der Waals surface area contributed by atoms with Gasteiger partial charge in [0.25, 0.3) is 0 Å². The Morgan fingerprint density at radius 3 is 3.00 bits per heavy atom. The maximum absolute atomic E-state index is 12.1. The molecule has 0 aliphatic carbocycles. The molecule has 1 fully saturated rings. The Balaban J connectivity index is 2.16. The molecule has 1 aromatic heterocycles. The summed E-state index contributed by atoms with van der Waals surface area (Å²) >= 11 is 7.56. The van der Waals surface area contributed by atoms with E-state index in [1.54, 1.807) is 17.8 Å². The van der Waals surface area contributed by atoms with Gasteiger partial charge in [-0.15, -0.1) is 0 Å². The number of sulfonamides is 1. The van der Waals surface area contributed by atoms with Gasteiger partial charge < -0.3 is 0 Å². The highest BCUT2D eigenvalue weighted by Crippen LogP contribution is 2.21. The van der Waals surface area contributed by atoms with Gasteiger partial charge in [0.15, 0.2) is 0 Å². The molecule has 0 aromatic carbocycles. The maximum Gasteiger partial charge on any atom is 0.243 e. The molecule has 0 bridgehead atoms. The molecule has 17 heavy (non-hydrogen) atoms. The van der Waals surface area contributed by atoms with E-state index in [9.17, 15) is 8.42 Å². The zero-order valence-corrected chi connectivity index (χ0v) is 11.5. The monoisotopic (exact) mass is 292 g/mol. The number of halogens is 1. The van der Waals surface area contributed by atoms with Gasteiger partial charge >= 0.3 is 0 Å². The van der Waals surface area contributed by atoms with Crippen molar-refractivity contribution in [1.82, 2.24) is 9.71 Å². The van der Waals surface area contributed by atoms with E-state index in [2.05, 4.69) is 9.71 Å². The third-order valence-corrected chi connectivity index (χ3v) is 5.68. The fourth-order valence-electron chi connectivity index (χ4n) is 1.69. The van der Waals surface area contributed by atoms with Crippen molar-refractivity contribution < 1.29 is 8.42 Å². The summed E-state index contributed by atoms with van der Waals surface area (Å²) in [4.78, 5) is 3.83. The molecule has 1 aliphatic rings. The highest BCUT2D eigenvalue weighted by molar-refractivity contribution is 7.99. The summed E-state index contributed by atoms with van der Waals surface area (Å²) in [6, 6.07) is 3.03. The van der Waals surface area contributed by atoms with Gasteiger partial charge in [-0.3, -0.25) is 0 Å². The second kappa shape index (κ2) is 5.56. The standard InChI is InChI=1S/C10H13ClN2O2S2/c11-10-9(4-1-5-12-10)17(14,15)13-8-3-2-6-16-7-8/h1,4-5,8,13H,2-3,6-7H2. The summed E-state index contributed by atoms with van der Waals surface area (Å²) in [5.74, 6) is 1.92. The molecule has 1 aliphatic heterocycles. The molecule has 1 saturated heterocycles. The van der Waals surface area contributed by atoms with Crippen molar-refractivity contribution in [3.8, 4) is 0 Å². The lowest BCUT2D eigenvalue weighted by atomic mass is 10.2. The van der Waals surface area contributed by atoms with Crippen LogP contribution in [0.5, 0.6) is 0 Å². The third kappa shape index (κ3) is 3.34. The first-order valence-electron chi connectivity index (χ1n) is 5.30. The van der Waals surface area contributed by atoms with E-state index < -0.39 is 10.0 Å². The molecule has 1 N–H and O–H groups in total. The molecule has 0 radical (unpaired) electrons. The smallest absolute Gasteiger partial charge is 0.243 e. The number of aromatic nitrogens is 1. The topological polar surface area (TPSA) is 59.1 Å². The Bertz CT molecular complexity index is 487. The quantitative estimate of drug-likeness (QED) is 0.865. The SMILES string of the molecule is O=S(=O)(NC1CCCSC1)c1cccnc1Cl. The lowest BCUT2D eigenvalue weighted by Gasteiger charge is -2.22. The first-order valence-corrected chi connectivity index (χ1v) is 8.32. The molecule has 0 spiro atoms.